The molecule has 5 heteroatoms. The van der Waals surface area contributed by atoms with Gasteiger partial charge in [0.15, 0.2) is 0 Å². The highest BCUT2D eigenvalue weighted by molar-refractivity contribution is 6.04. The van der Waals surface area contributed by atoms with Crippen LogP contribution in [0, 0.1) is 0 Å². The number of aryl methyl sites for hydroxylation is 1. The van der Waals surface area contributed by atoms with Crippen LogP contribution < -0.4 is 10.2 Å². The Morgan fingerprint density at radius 2 is 1.74 bits per heavy atom. The van der Waals surface area contributed by atoms with Gasteiger partial charge < -0.3 is 10.2 Å². The highest BCUT2D eigenvalue weighted by Crippen LogP contribution is 2.16. The third-order valence-electron chi connectivity index (χ3n) is 4.53. The van der Waals surface area contributed by atoms with Gasteiger partial charge in [-0.25, -0.2) is 0 Å². The molecule has 1 N–H and O–H groups in total. The van der Waals surface area contributed by atoms with Gasteiger partial charge in [-0.2, -0.15) is 0 Å². The van der Waals surface area contributed by atoms with Crippen LogP contribution in [0.2, 0.25) is 0 Å². The monoisotopic (exact) mass is 360 g/mol. The lowest BCUT2D eigenvalue weighted by molar-refractivity contribution is 0.102. The van der Waals surface area contributed by atoms with Crippen LogP contribution in [0.5, 0.6) is 0 Å². The molecule has 0 unspecified atom stereocenters. The van der Waals surface area contributed by atoms with E-state index in [0.29, 0.717) is 5.56 Å². The van der Waals surface area contributed by atoms with Crippen molar-refractivity contribution >= 4 is 17.3 Å². The fraction of sp³-hybridized carbons (Fsp3) is 0.227. The Kier molecular flexibility index (Phi) is 6.15. The lowest BCUT2D eigenvalue weighted by Gasteiger charge is -2.19. The maximum atomic E-state index is 12.5. The number of carbonyl (C=O) groups excluding carboxylic acids is 1. The zero-order chi connectivity index (χ0) is 19.1. The number of hydrogen-bond donors (Lipinski definition) is 1. The average Bonchev–Trinajstić information content (AvgIpc) is 2.73. The maximum absolute atomic E-state index is 12.5. The fourth-order valence-electron chi connectivity index (χ4n) is 2.76. The summed E-state index contributed by atoms with van der Waals surface area (Å²) in [5, 5.41) is 2.93. The molecule has 0 spiro atoms. The van der Waals surface area contributed by atoms with E-state index in [1.165, 1.54) is 11.1 Å². The van der Waals surface area contributed by atoms with Gasteiger partial charge in [-0.1, -0.05) is 19.1 Å². The molecule has 138 valence electrons. The van der Waals surface area contributed by atoms with E-state index in [1.54, 1.807) is 24.8 Å². The molecule has 0 saturated carbocycles. The highest BCUT2D eigenvalue weighted by atomic mass is 16.1. The second-order valence-electron chi connectivity index (χ2n) is 6.46. The van der Waals surface area contributed by atoms with Gasteiger partial charge in [-0.15, -0.1) is 0 Å². The molecule has 3 rings (SSSR count). The van der Waals surface area contributed by atoms with Crippen LogP contribution in [0.4, 0.5) is 11.4 Å². The number of rotatable bonds is 7. The summed E-state index contributed by atoms with van der Waals surface area (Å²) < 4.78 is 0. The average molecular weight is 360 g/mol. The number of anilines is 2. The van der Waals surface area contributed by atoms with Crippen molar-refractivity contribution < 1.29 is 4.79 Å². The number of pyridine rings is 2. The summed E-state index contributed by atoms with van der Waals surface area (Å²) in [6, 6.07) is 13.8. The van der Waals surface area contributed by atoms with E-state index >= 15 is 0 Å². The van der Waals surface area contributed by atoms with E-state index < -0.39 is 0 Å². The molecule has 0 radical (unpaired) electrons. The SMILES string of the molecule is CCc1ccc(NC(=O)c2cncc(N(C)CCc3ccncc3)c2)cc1. The normalized spacial score (nSPS) is 10.4. The molecule has 0 aliphatic heterocycles. The first-order valence-electron chi connectivity index (χ1n) is 9.11. The largest absolute Gasteiger partial charge is 0.373 e. The first kappa shape index (κ1) is 18.6. The quantitative estimate of drug-likeness (QED) is 0.693. The van der Waals surface area contributed by atoms with Gasteiger partial charge in [0.05, 0.1) is 17.4 Å². The number of hydrogen-bond acceptors (Lipinski definition) is 4. The van der Waals surface area contributed by atoms with Crippen LogP contribution >= 0.6 is 0 Å². The Hall–Kier alpha value is -3.21. The Bertz CT molecular complexity index is 878. The molecule has 2 aromatic heterocycles. The van der Waals surface area contributed by atoms with Gasteiger partial charge in [-0.05, 0) is 54.3 Å². The smallest absolute Gasteiger partial charge is 0.257 e. The van der Waals surface area contributed by atoms with Gasteiger partial charge >= 0.3 is 0 Å². The van der Waals surface area contributed by atoms with Crippen LogP contribution in [0.1, 0.15) is 28.4 Å². The number of benzene rings is 1. The number of nitrogens with zero attached hydrogens (tertiary/aromatic N) is 3. The van der Waals surface area contributed by atoms with E-state index in [-0.39, 0.29) is 5.91 Å². The molecule has 0 saturated heterocycles. The summed E-state index contributed by atoms with van der Waals surface area (Å²) in [4.78, 5) is 22.9. The van der Waals surface area contributed by atoms with Crippen LogP contribution in [-0.2, 0) is 12.8 Å². The lowest BCUT2D eigenvalue weighted by atomic mass is 10.1. The van der Waals surface area contributed by atoms with E-state index in [4.69, 9.17) is 0 Å². The second kappa shape index (κ2) is 8.94. The number of likely N-dealkylation sites (N-methyl/N-ethyl adjacent to an activating group) is 1. The Balaban J connectivity index is 1.63. The lowest BCUT2D eigenvalue weighted by Crippen LogP contribution is -2.21. The third kappa shape index (κ3) is 5.14. The molecular weight excluding hydrogens is 336 g/mol. The molecule has 27 heavy (non-hydrogen) atoms. The van der Waals surface area contributed by atoms with Crippen LogP contribution in [0.3, 0.4) is 0 Å². The minimum Gasteiger partial charge on any atom is -0.373 e. The fourth-order valence-corrected chi connectivity index (χ4v) is 2.76. The molecule has 1 amide bonds. The summed E-state index contributed by atoms with van der Waals surface area (Å²) in [7, 11) is 2.00. The van der Waals surface area contributed by atoms with Crippen LogP contribution in [0.15, 0.2) is 67.3 Å². The van der Waals surface area contributed by atoms with Gasteiger partial charge in [-0.3, -0.25) is 14.8 Å². The Labute approximate surface area is 160 Å². The molecule has 0 aliphatic rings. The predicted molar refractivity (Wildman–Crippen MR) is 109 cm³/mol. The molecule has 2 heterocycles. The number of nitrogens with one attached hydrogen (secondary N) is 1. The predicted octanol–water partition coefficient (Wildman–Crippen LogP) is 3.97. The number of amides is 1. The van der Waals surface area contributed by atoms with Crippen molar-refractivity contribution in [2.45, 2.75) is 19.8 Å². The number of carbonyl (C=O) groups is 1. The van der Waals surface area contributed by atoms with E-state index in [1.807, 2.05) is 49.5 Å². The summed E-state index contributed by atoms with van der Waals surface area (Å²) in [5.41, 5.74) is 4.72. The second-order valence-corrected chi connectivity index (χ2v) is 6.46. The summed E-state index contributed by atoms with van der Waals surface area (Å²) in [6.07, 6.45) is 8.85. The van der Waals surface area contributed by atoms with E-state index in [0.717, 1.165) is 30.8 Å². The minimum absolute atomic E-state index is 0.156. The van der Waals surface area contributed by atoms with Crippen molar-refractivity contribution in [1.82, 2.24) is 9.97 Å². The molecule has 0 atom stereocenters. The van der Waals surface area contributed by atoms with Crippen molar-refractivity contribution in [3.63, 3.8) is 0 Å². The Morgan fingerprint density at radius 1 is 1.00 bits per heavy atom. The molecular formula is C22H24N4O. The van der Waals surface area contributed by atoms with Crippen molar-refractivity contribution in [3.05, 3.63) is 83.9 Å². The van der Waals surface area contributed by atoms with E-state index in [9.17, 15) is 4.79 Å². The zero-order valence-corrected chi connectivity index (χ0v) is 15.7. The Morgan fingerprint density at radius 3 is 2.44 bits per heavy atom. The maximum Gasteiger partial charge on any atom is 0.257 e. The van der Waals surface area contributed by atoms with Crippen LogP contribution in [0.25, 0.3) is 0 Å². The van der Waals surface area contributed by atoms with Crippen LogP contribution in [-0.4, -0.2) is 29.5 Å². The molecule has 5 nitrogen and oxygen atoms in total. The molecule has 3 aromatic rings. The van der Waals surface area contributed by atoms with Gasteiger partial charge in [0.1, 0.15) is 0 Å². The summed E-state index contributed by atoms with van der Waals surface area (Å²) in [6.45, 7) is 2.94. The van der Waals surface area contributed by atoms with Crippen molar-refractivity contribution in [3.8, 4) is 0 Å². The minimum atomic E-state index is -0.156. The summed E-state index contributed by atoms with van der Waals surface area (Å²) >= 11 is 0. The van der Waals surface area contributed by atoms with Gasteiger partial charge in [0.2, 0.25) is 0 Å². The van der Waals surface area contributed by atoms with Crippen molar-refractivity contribution in [2.75, 3.05) is 23.8 Å². The topological polar surface area (TPSA) is 58.1 Å². The summed E-state index contributed by atoms with van der Waals surface area (Å²) in [5.74, 6) is -0.156. The van der Waals surface area contributed by atoms with Crippen molar-refractivity contribution in [1.29, 1.82) is 0 Å². The van der Waals surface area contributed by atoms with Crippen molar-refractivity contribution in [2.24, 2.45) is 0 Å². The third-order valence-corrected chi connectivity index (χ3v) is 4.53. The standard InChI is InChI=1S/C22H24N4O/c1-3-17-4-6-20(7-5-17)25-22(27)19-14-21(16-24-15-19)26(2)13-10-18-8-11-23-12-9-18/h4-9,11-12,14-16H,3,10,13H2,1-2H3,(H,25,27). The molecule has 0 bridgehead atoms. The van der Waals surface area contributed by atoms with Gasteiger partial charge in [0, 0.05) is 37.9 Å². The number of aromatic nitrogens is 2. The highest BCUT2D eigenvalue weighted by Gasteiger charge is 2.10. The first-order valence-corrected chi connectivity index (χ1v) is 9.11. The molecule has 0 aliphatic carbocycles. The van der Waals surface area contributed by atoms with Gasteiger partial charge in [0.25, 0.3) is 5.91 Å². The first-order chi connectivity index (χ1) is 13.2. The zero-order valence-electron chi connectivity index (χ0n) is 15.7. The molecule has 1 aromatic carbocycles. The van der Waals surface area contributed by atoms with E-state index in [2.05, 4.69) is 27.1 Å². The molecule has 0 fully saturated rings.